The fourth-order valence-electron chi connectivity index (χ4n) is 3.81. The lowest BCUT2D eigenvalue weighted by Gasteiger charge is -2.22. The fraction of sp³-hybridized carbons (Fsp3) is 0.375. The van der Waals surface area contributed by atoms with Gasteiger partial charge in [0.2, 0.25) is 0 Å². The van der Waals surface area contributed by atoms with Crippen LogP contribution in [0.25, 0.3) is 10.9 Å². The Kier molecular flexibility index (Phi) is 7.17. The summed E-state index contributed by atoms with van der Waals surface area (Å²) in [5.74, 6) is -0.266. The van der Waals surface area contributed by atoms with E-state index in [0.717, 1.165) is 53.6 Å². The Balaban J connectivity index is 1.19. The number of H-pyrrole nitrogens is 1. The molecule has 1 aromatic heterocycles. The van der Waals surface area contributed by atoms with Crippen LogP contribution in [0, 0.1) is 5.82 Å². The number of amides is 2. The molecule has 7 heteroatoms. The van der Waals surface area contributed by atoms with Crippen LogP contribution in [-0.2, 0) is 29.0 Å². The number of carbonyl (C=O) groups excluding carboxylic acids is 1. The summed E-state index contributed by atoms with van der Waals surface area (Å²) in [4.78, 5) is 15.2. The molecule has 3 N–H and O–H groups in total. The monoisotopic (exact) mass is 425 g/mol. The van der Waals surface area contributed by atoms with Crippen LogP contribution in [0.4, 0.5) is 9.18 Å². The van der Waals surface area contributed by atoms with Gasteiger partial charge in [0.05, 0.1) is 12.7 Å². The van der Waals surface area contributed by atoms with Gasteiger partial charge in [-0.05, 0) is 54.2 Å². The molecule has 2 aromatic carbocycles. The molecule has 1 fully saturated rings. The summed E-state index contributed by atoms with van der Waals surface area (Å²) in [5.41, 5.74) is 3.94. The summed E-state index contributed by atoms with van der Waals surface area (Å²) in [7, 11) is 0. The molecule has 4 rings (SSSR count). The molecule has 1 aliphatic rings. The molecule has 6 nitrogen and oxygen atoms in total. The highest BCUT2D eigenvalue weighted by atomic mass is 19.1. The van der Waals surface area contributed by atoms with Crippen LogP contribution in [0.2, 0.25) is 0 Å². The topological polar surface area (TPSA) is 75.4 Å². The Bertz CT molecular complexity index is 1010. The summed E-state index contributed by atoms with van der Waals surface area (Å²) in [6, 6.07) is 12.5. The number of urea groups is 1. The first-order valence-electron chi connectivity index (χ1n) is 10.7. The summed E-state index contributed by atoms with van der Waals surface area (Å²) in [6.07, 6.45) is 4.67. The molecule has 2 heterocycles. The van der Waals surface area contributed by atoms with Crippen molar-refractivity contribution in [2.75, 3.05) is 19.8 Å². The number of hydrogen-bond donors (Lipinski definition) is 3. The second kappa shape index (κ2) is 10.4. The molecular formula is C24H28FN3O3. The minimum atomic E-state index is -0.266. The van der Waals surface area contributed by atoms with E-state index in [9.17, 15) is 9.18 Å². The molecule has 164 valence electrons. The van der Waals surface area contributed by atoms with Crippen molar-refractivity contribution in [1.29, 1.82) is 0 Å². The third-order valence-corrected chi connectivity index (χ3v) is 5.51. The maximum absolute atomic E-state index is 13.3. The van der Waals surface area contributed by atoms with E-state index in [-0.39, 0.29) is 18.0 Å². The first-order valence-corrected chi connectivity index (χ1v) is 10.7. The molecule has 2 amide bonds. The van der Waals surface area contributed by atoms with Crippen LogP contribution in [0.5, 0.6) is 0 Å². The largest absolute Gasteiger partial charge is 0.381 e. The van der Waals surface area contributed by atoms with Crippen LogP contribution in [0.15, 0.2) is 48.7 Å². The third-order valence-electron chi connectivity index (χ3n) is 5.51. The predicted octanol–water partition coefficient (Wildman–Crippen LogP) is 4.04. The highest BCUT2D eigenvalue weighted by Crippen LogP contribution is 2.19. The Hall–Kier alpha value is -2.90. The van der Waals surface area contributed by atoms with Crippen LogP contribution >= 0.6 is 0 Å². The van der Waals surface area contributed by atoms with Crippen LogP contribution in [0.3, 0.4) is 0 Å². The molecule has 1 aliphatic heterocycles. The molecule has 0 unspecified atom stereocenters. The zero-order chi connectivity index (χ0) is 21.5. The number of fused-ring (bicyclic) bond motifs is 1. The predicted molar refractivity (Wildman–Crippen MR) is 117 cm³/mol. The molecule has 0 spiro atoms. The number of carbonyl (C=O) groups is 1. The van der Waals surface area contributed by atoms with Gasteiger partial charge in [0.15, 0.2) is 0 Å². The van der Waals surface area contributed by atoms with Crippen molar-refractivity contribution in [2.24, 2.45) is 0 Å². The van der Waals surface area contributed by atoms with Gasteiger partial charge < -0.3 is 25.1 Å². The molecule has 3 aromatic rings. The average Bonchev–Trinajstić information content (AvgIpc) is 3.19. The second-order valence-electron chi connectivity index (χ2n) is 7.81. The summed E-state index contributed by atoms with van der Waals surface area (Å²) < 4.78 is 24.6. The van der Waals surface area contributed by atoms with Crippen molar-refractivity contribution in [3.63, 3.8) is 0 Å². The van der Waals surface area contributed by atoms with Crippen LogP contribution in [0.1, 0.15) is 29.5 Å². The minimum Gasteiger partial charge on any atom is -0.381 e. The fourth-order valence-corrected chi connectivity index (χ4v) is 3.81. The first-order chi connectivity index (χ1) is 15.2. The molecule has 0 bridgehead atoms. The maximum atomic E-state index is 13.3. The quantitative estimate of drug-likeness (QED) is 0.510. The van der Waals surface area contributed by atoms with Crippen molar-refractivity contribution >= 4 is 16.9 Å². The Morgan fingerprint density at radius 1 is 1.13 bits per heavy atom. The van der Waals surface area contributed by atoms with Crippen molar-refractivity contribution in [2.45, 2.75) is 38.5 Å². The number of aromatic amines is 1. The number of nitrogens with one attached hydrogen (secondary N) is 3. The van der Waals surface area contributed by atoms with Gasteiger partial charge in [-0.3, -0.25) is 0 Å². The highest BCUT2D eigenvalue weighted by Gasteiger charge is 2.14. The maximum Gasteiger partial charge on any atom is 0.315 e. The van der Waals surface area contributed by atoms with Gasteiger partial charge in [0.25, 0.3) is 0 Å². The van der Waals surface area contributed by atoms with Gasteiger partial charge in [-0.25, -0.2) is 9.18 Å². The van der Waals surface area contributed by atoms with E-state index < -0.39 is 0 Å². The van der Waals surface area contributed by atoms with Gasteiger partial charge >= 0.3 is 6.03 Å². The van der Waals surface area contributed by atoms with Gasteiger partial charge in [0, 0.05) is 43.4 Å². The third kappa shape index (κ3) is 6.06. The van der Waals surface area contributed by atoms with Crippen molar-refractivity contribution in [3.05, 3.63) is 71.2 Å². The minimum absolute atomic E-state index is 0.213. The zero-order valence-corrected chi connectivity index (χ0v) is 17.5. The Labute approximate surface area is 181 Å². The van der Waals surface area contributed by atoms with Crippen LogP contribution < -0.4 is 10.6 Å². The zero-order valence-electron chi connectivity index (χ0n) is 17.5. The number of halogens is 1. The van der Waals surface area contributed by atoms with E-state index in [1.807, 2.05) is 24.4 Å². The SMILES string of the molecule is O=C(NCCc1c[nH]c2cc(F)ccc12)NCc1cccc(COC2CCOCC2)c1. The lowest BCUT2D eigenvalue weighted by atomic mass is 10.1. The number of ether oxygens (including phenoxy) is 2. The van der Waals surface area contributed by atoms with E-state index in [4.69, 9.17) is 9.47 Å². The van der Waals surface area contributed by atoms with Crippen molar-refractivity contribution in [3.8, 4) is 0 Å². The number of rotatable bonds is 8. The lowest BCUT2D eigenvalue weighted by molar-refractivity contribution is -0.0390. The van der Waals surface area contributed by atoms with Crippen molar-refractivity contribution < 1.29 is 18.7 Å². The molecule has 0 saturated carbocycles. The van der Waals surface area contributed by atoms with E-state index in [2.05, 4.69) is 21.7 Å². The van der Waals surface area contributed by atoms with Gasteiger partial charge in [-0.1, -0.05) is 24.3 Å². The average molecular weight is 426 g/mol. The molecular weight excluding hydrogens is 397 g/mol. The molecule has 0 radical (unpaired) electrons. The molecule has 0 aliphatic carbocycles. The number of aromatic nitrogens is 1. The molecule has 0 atom stereocenters. The summed E-state index contributed by atoms with van der Waals surface area (Å²) in [5, 5.41) is 6.74. The van der Waals surface area contributed by atoms with E-state index in [0.29, 0.717) is 26.1 Å². The number of hydrogen-bond acceptors (Lipinski definition) is 3. The van der Waals surface area contributed by atoms with E-state index in [1.54, 1.807) is 6.07 Å². The molecule has 1 saturated heterocycles. The highest BCUT2D eigenvalue weighted by molar-refractivity contribution is 5.83. The van der Waals surface area contributed by atoms with E-state index in [1.165, 1.54) is 12.1 Å². The van der Waals surface area contributed by atoms with Gasteiger partial charge in [-0.2, -0.15) is 0 Å². The van der Waals surface area contributed by atoms with Crippen LogP contribution in [-0.4, -0.2) is 36.9 Å². The number of benzene rings is 2. The Morgan fingerprint density at radius 3 is 2.84 bits per heavy atom. The molecule has 31 heavy (non-hydrogen) atoms. The standard InChI is InChI=1S/C24H28FN3O3/c25-20-4-5-22-19(15-27-23(22)13-20)6-9-26-24(29)28-14-17-2-1-3-18(12-17)16-31-21-7-10-30-11-8-21/h1-5,12-13,15,21,27H,6-11,14,16H2,(H2,26,28,29). The summed E-state index contributed by atoms with van der Waals surface area (Å²) >= 11 is 0. The van der Waals surface area contributed by atoms with E-state index >= 15 is 0 Å². The smallest absolute Gasteiger partial charge is 0.315 e. The lowest BCUT2D eigenvalue weighted by Crippen LogP contribution is -2.36. The Morgan fingerprint density at radius 2 is 1.97 bits per heavy atom. The normalized spacial score (nSPS) is 14.6. The summed E-state index contributed by atoms with van der Waals surface area (Å²) in [6.45, 7) is 3.04. The van der Waals surface area contributed by atoms with Gasteiger partial charge in [-0.15, -0.1) is 0 Å². The first kappa shape index (κ1) is 21.3. The van der Waals surface area contributed by atoms with Gasteiger partial charge in [0.1, 0.15) is 5.82 Å². The second-order valence-corrected chi connectivity index (χ2v) is 7.81. The van der Waals surface area contributed by atoms with Crippen molar-refractivity contribution in [1.82, 2.24) is 15.6 Å².